The maximum absolute atomic E-state index is 9.25. The molecule has 1 unspecified atom stereocenters. The quantitative estimate of drug-likeness (QED) is 0.737. The molecule has 16 heavy (non-hydrogen) atoms. The first-order chi connectivity index (χ1) is 7.81. The topological polar surface area (TPSA) is 23.8 Å². The van der Waals surface area contributed by atoms with E-state index in [1.54, 1.807) is 0 Å². The first-order valence-corrected chi connectivity index (χ1v) is 5.32. The Bertz CT molecular complexity index is 491. The Morgan fingerprint density at radius 2 is 1.44 bits per heavy atom. The van der Waals surface area contributed by atoms with Crippen molar-refractivity contribution in [1.29, 1.82) is 5.26 Å². The van der Waals surface area contributed by atoms with Gasteiger partial charge in [-0.25, -0.2) is 0 Å². The molecule has 0 aliphatic carbocycles. The predicted octanol–water partition coefficient (Wildman–Crippen LogP) is 3.65. The van der Waals surface area contributed by atoms with Crippen LogP contribution in [-0.2, 0) is 0 Å². The van der Waals surface area contributed by atoms with Crippen LogP contribution in [0.15, 0.2) is 54.6 Å². The molecule has 0 saturated heterocycles. The Balaban J connectivity index is 2.38. The summed E-state index contributed by atoms with van der Waals surface area (Å²) in [6, 6.07) is 20.4. The van der Waals surface area contributed by atoms with E-state index in [1.165, 1.54) is 5.56 Å². The standard InChI is InChI=1S/C15H13N/c1-12-7-9-14(10-8-12)15(11-16)13-5-3-2-4-6-13/h2-10,15H,1H3. The van der Waals surface area contributed by atoms with E-state index >= 15 is 0 Å². The van der Waals surface area contributed by atoms with E-state index in [2.05, 4.69) is 6.07 Å². The molecule has 1 nitrogen and oxygen atoms in total. The number of hydrogen-bond acceptors (Lipinski definition) is 1. The largest absolute Gasteiger partial charge is 0.197 e. The highest BCUT2D eigenvalue weighted by molar-refractivity contribution is 5.38. The Morgan fingerprint density at radius 3 is 2.00 bits per heavy atom. The van der Waals surface area contributed by atoms with Crippen molar-refractivity contribution in [2.45, 2.75) is 12.8 Å². The summed E-state index contributed by atoms with van der Waals surface area (Å²) in [6.07, 6.45) is 0. The Kier molecular flexibility index (Phi) is 3.03. The van der Waals surface area contributed by atoms with Crippen LogP contribution in [-0.4, -0.2) is 0 Å². The van der Waals surface area contributed by atoms with E-state index in [1.807, 2.05) is 61.5 Å². The van der Waals surface area contributed by atoms with Crippen LogP contribution in [0.2, 0.25) is 0 Å². The van der Waals surface area contributed by atoms with Crippen molar-refractivity contribution in [3.05, 3.63) is 71.3 Å². The minimum Gasteiger partial charge on any atom is -0.197 e. The lowest BCUT2D eigenvalue weighted by atomic mass is 9.92. The molecule has 2 aromatic rings. The Hall–Kier alpha value is -2.07. The Morgan fingerprint density at radius 1 is 0.875 bits per heavy atom. The molecule has 1 heteroatoms. The first-order valence-electron chi connectivity index (χ1n) is 5.32. The molecule has 2 aromatic carbocycles. The smallest absolute Gasteiger partial charge is 0.0962 e. The maximum Gasteiger partial charge on any atom is 0.0962 e. The number of aryl methyl sites for hydroxylation is 1. The van der Waals surface area contributed by atoms with Crippen LogP contribution in [0, 0.1) is 18.3 Å². The van der Waals surface area contributed by atoms with Gasteiger partial charge in [0.1, 0.15) is 0 Å². The number of benzene rings is 2. The second-order valence-corrected chi connectivity index (χ2v) is 3.88. The minimum absolute atomic E-state index is 0.165. The maximum atomic E-state index is 9.25. The monoisotopic (exact) mass is 207 g/mol. The molecule has 0 aliphatic heterocycles. The van der Waals surface area contributed by atoms with Crippen molar-refractivity contribution >= 4 is 0 Å². The van der Waals surface area contributed by atoms with Gasteiger partial charge in [-0.05, 0) is 18.1 Å². The summed E-state index contributed by atoms with van der Waals surface area (Å²) >= 11 is 0. The molecule has 0 aliphatic rings. The van der Waals surface area contributed by atoms with Gasteiger partial charge >= 0.3 is 0 Å². The number of rotatable bonds is 2. The van der Waals surface area contributed by atoms with Crippen molar-refractivity contribution in [3.63, 3.8) is 0 Å². The summed E-state index contributed by atoms with van der Waals surface area (Å²) in [6.45, 7) is 2.05. The molecule has 1 atom stereocenters. The number of hydrogen-bond donors (Lipinski definition) is 0. The lowest BCUT2D eigenvalue weighted by Crippen LogP contribution is -1.97. The van der Waals surface area contributed by atoms with Crippen LogP contribution in [0.3, 0.4) is 0 Å². The van der Waals surface area contributed by atoms with Gasteiger partial charge < -0.3 is 0 Å². The highest BCUT2D eigenvalue weighted by Crippen LogP contribution is 2.23. The van der Waals surface area contributed by atoms with Crippen LogP contribution < -0.4 is 0 Å². The number of nitrogens with zero attached hydrogens (tertiary/aromatic N) is 1. The van der Waals surface area contributed by atoms with Crippen LogP contribution in [0.25, 0.3) is 0 Å². The second-order valence-electron chi connectivity index (χ2n) is 3.88. The zero-order chi connectivity index (χ0) is 11.4. The molecule has 0 radical (unpaired) electrons. The summed E-state index contributed by atoms with van der Waals surface area (Å²) in [7, 11) is 0. The van der Waals surface area contributed by atoms with Crippen molar-refractivity contribution < 1.29 is 0 Å². The van der Waals surface area contributed by atoms with Gasteiger partial charge in [0, 0.05) is 0 Å². The third-order valence-electron chi connectivity index (χ3n) is 2.67. The summed E-state index contributed by atoms with van der Waals surface area (Å²) in [5.74, 6) is -0.165. The molecule has 2 rings (SSSR count). The van der Waals surface area contributed by atoms with E-state index in [4.69, 9.17) is 0 Å². The zero-order valence-electron chi connectivity index (χ0n) is 9.22. The van der Waals surface area contributed by atoms with E-state index < -0.39 is 0 Å². The van der Waals surface area contributed by atoms with Gasteiger partial charge in [-0.15, -0.1) is 0 Å². The van der Waals surface area contributed by atoms with Gasteiger partial charge in [-0.1, -0.05) is 60.2 Å². The summed E-state index contributed by atoms with van der Waals surface area (Å²) in [5.41, 5.74) is 3.32. The average molecular weight is 207 g/mol. The van der Waals surface area contributed by atoms with E-state index in [9.17, 15) is 5.26 Å². The van der Waals surface area contributed by atoms with Crippen LogP contribution in [0.4, 0.5) is 0 Å². The van der Waals surface area contributed by atoms with Crippen LogP contribution >= 0.6 is 0 Å². The molecular weight excluding hydrogens is 194 g/mol. The SMILES string of the molecule is Cc1ccc(C(C#N)c2ccccc2)cc1. The van der Waals surface area contributed by atoms with Crippen molar-refractivity contribution in [2.75, 3.05) is 0 Å². The first kappa shape index (κ1) is 10.4. The second kappa shape index (κ2) is 4.63. The molecule has 0 aromatic heterocycles. The van der Waals surface area contributed by atoms with Crippen molar-refractivity contribution in [2.24, 2.45) is 0 Å². The van der Waals surface area contributed by atoms with Gasteiger partial charge in [0.05, 0.1) is 12.0 Å². The molecular formula is C15H13N. The fourth-order valence-electron chi connectivity index (χ4n) is 1.75. The van der Waals surface area contributed by atoms with Gasteiger partial charge in [-0.3, -0.25) is 0 Å². The molecule has 0 bridgehead atoms. The lowest BCUT2D eigenvalue weighted by Gasteiger charge is -2.09. The van der Waals surface area contributed by atoms with E-state index in [0.29, 0.717) is 0 Å². The lowest BCUT2D eigenvalue weighted by molar-refractivity contribution is 1.04. The Labute approximate surface area is 96.0 Å². The summed E-state index contributed by atoms with van der Waals surface area (Å²) in [4.78, 5) is 0. The predicted molar refractivity (Wildman–Crippen MR) is 65.1 cm³/mol. The minimum atomic E-state index is -0.165. The van der Waals surface area contributed by atoms with Crippen molar-refractivity contribution in [1.82, 2.24) is 0 Å². The molecule has 0 N–H and O–H groups in total. The van der Waals surface area contributed by atoms with Gasteiger partial charge in [-0.2, -0.15) is 5.26 Å². The molecule has 0 amide bonds. The highest BCUT2D eigenvalue weighted by atomic mass is 14.3. The number of nitriles is 1. The summed E-state index contributed by atoms with van der Waals surface area (Å²) < 4.78 is 0. The molecule has 0 fully saturated rings. The molecule has 0 saturated carbocycles. The molecule has 0 heterocycles. The van der Waals surface area contributed by atoms with Crippen molar-refractivity contribution in [3.8, 4) is 6.07 Å². The fourth-order valence-corrected chi connectivity index (χ4v) is 1.75. The molecule has 0 spiro atoms. The molecule has 78 valence electrons. The third kappa shape index (κ3) is 2.12. The van der Waals surface area contributed by atoms with E-state index in [0.717, 1.165) is 11.1 Å². The van der Waals surface area contributed by atoms with E-state index in [-0.39, 0.29) is 5.92 Å². The zero-order valence-corrected chi connectivity index (χ0v) is 9.22. The van der Waals surface area contributed by atoms with Crippen LogP contribution in [0.1, 0.15) is 22.6 Å². The fraction of sp³-hybridized carbons (Fsp3) is 0.133. The van der Waals surface area contributed by atoms with Gasteiger partial charge in [0.2, 0.25) is 0 Å². The highest BCUT2D eigenvalue weighted by Gasteiger charge is 2.11. The summed E-state index contributed by atoms with van der Waals surface area (Å²) in [5, 5.41) is 9.25. The van der Waals surface area contributed by atoms with Crippen LogP contribution in [0.5, 0.6) is 0 Å². The van der Waals surface area contributed by atoms with Gasteiger partial charge in [0.15, 0.2) is 0 Å². The third-order valence-corrected chi connectivity index (χ3v) is 2.67. The normalized spacial score (nSPS) is 11.8. The average Bonchev–Trinajstić information content (AvgIpc) is 2.34. The van der Waals surface area contributed by atoms with Gasteiger partial charge in [0.25, 0.3) is 0 Å².